The van der Waals surface area contributed by atoms with Gasteiger partial charge in [0, 0.05) is 12.0 Å². The minimum atomic E-state index is -1.31. The van der Waals surface area contributed by atoms with Crippen molar-refractivity contribution in [2.75, 3.05) is 0 Å². The molecule has 0 atom stereocenters. The summed E-state index contributed by atoms with van der Waals surface area (Å²) in [4.78, 5) is 25.6. The van der Waals surface area contributed by atoms with Crippen molar-refractivity contribution in [3.63, 3.8) is 0 Å². The van der Waals surface area contributed by atoms with Gasteiger partial charge in [-0.05, 0) is 12.8 Å². The van der Waals surface area contributed by atoms with Gasteiger partial charge in [0.15, 0.2) is 0 Å². The Morgan fingerprint density at radius 2 is 1.88 bits per heavy atom. The summed E-state index contributed by atoms with van der Waals surface area (Å²) in [6.45, 7) is 3.52. The van der Waals surface area contributed by atoms with Gasteiger partial charge in [-0.15, -0.1) is 0 Å². The van der Waals surface area contributed by atoms with Crippen molar-refractivity contribution in [3.8, 4) is 0 Å². The van der Waals surface area contributed by atoms with E-state index >= 15 is 0 Å². The Bertz CT molecular complexity index is 304. The number of aliphatic imine (C=N–C) groups is 1. The molecule has 5 nitrogen and oxygen atoms in total. The highest BCUT2D eigenvalue weighted by Crippen LogP contribution is 2.17. The normalized spacial score (nSPS) is 17.8. The van der Waals surface area contributed by atoms with Crippen LogP contribution in [0.2, 0.25) is 0 Å². The van der Waals surface area contributed by atoms with Crippen molar-refractivity contribution in [2.45, 2.75) is 45.6 Å². The Labute approximate surface area is 94.9 Å². The number of rotatable bonds is 3. The number of amides is 2. The van der Waals surface area contributed by atoms with Crippen LogP contribution in [0.3, 0.4) is 0 Å². The molecule has 0 aliphatic heterocycles. The zero-order valence-corrected chi connectivity index (χ0v) is 9.69. The van der Waals surface area contributed by atoms with Crippen LogP contribution in [0, 0.1) is 5.92 Å². The molecule has 1 saturated carbocycles. The molecular weight excluding hydrogens is 208 g/mol. The Balaban J connectivity index is 2.63. The van der Waals surface area contributed by atoms with Gasteiger partial charge in [-0.2, -0.15) is 4.99 Å². The van der Waals surface area contributed by atoms with E-state index < -0.39 is 6.09 Å². The lowest BCUT2D eigenvalue weighted by Gasteiger charge is -2.14. The average molecular weight is 226 g/mol. The molecule has 0 spiro atoms. The standard InChI is InChI=1S/C11H18N2O3/c1-7(2)9(13-11(15)16)10(14)12-8-5-3-4-6-8/h7-8H,3-6H2,1-2H3,(H,12,14)(H,15,16)/b13-9+. The van der Waals surface area contributed by atoms with Gasteiger partial charge in [0.05, 0.1) is 0 Å². The minimum absolute atomic E-state index is 0.0967. The van der Waals surface area contributed by atoms with Gasteiger partial charge < -0.3 is 10.4 Å². The third kappa shape index (κ3) is 3.64. The summed E-state index contributed by atoms with van der Waals surface area (Å²) in [6, 6.07) is 0.185. The van der Waals surface area contributed by atoms with Crippen molar-refractivity contribution >= 4 is 17.7 Å². The number of nitrogens with zero attached hydrogens (tertiary/aromatic N) is 1. The van der Waals surface area contributed by atoms with E-state index in [0.717, 1.165) is 25.7 Å². The van der Waals surface area contributed by atoms with Crippen LogP contribution in [0.5, 0.6) is 0 Å². The lowest BCUT2D eigenvalue weighted by molar-refractivity contribution is -0.115. The van der Waals surface area contributed by atoms with Crippen LogP contribution in [-0.4, -0.2) is 28.9 Å². The molecule has 1 aliphatic carbocycles. The second-order valence-corrected chi connectivity index (χ2v) is 4.39. The molecule has 0 bridgehead atoms. The fourth-order valence-corrected chi connectivity index (χ4v) is 1.87. The quantitative estimate of drug-likeness (QED) is 0.720. The van der Waals surface area contributed by atoms with Gasteiger partial charge in [0.25, 0.3) is 5.91 Å². The number of hydrogen-bond donors (Lipinski definition) is 2. The van der Waals surface area contributed by atoms with Crippen LogP contribution in [0.1, 0.15) is 39.5 Å². The number of carbonyl (C=O) groups is 2. The maximum Gasteiger partial charge on any atom is 0.431 e. The summed E-state index contributed by atoms with van der Waals surface area (Å²) in [6.07, 6.45) is 2.88. The molecule has 0 aromatic rings. The van der Waals surface area contributed by atoms with Crippen molar-refractivity contribution in [2.24, 2.45) is 10.9 Å². The van der Waals surface area contributed by atoms with E-state index in [1.807, 2.05) is 0 Å². The summed E-state index contributed by atoms with van der Waals surface area (Å²) < 4.78 is 0. The van der Waals surface area contributed by atoms with Crippen molar-refractivity contribution in [3.05, 3.63) is 0 Å². The summed E-state index contributed by atoms with van der Waals surface area (Å²) >= 11 is 0. The highest BCUT2D eigenvalue weighted by Gasteiger charge is 2.22. The van der Waals surface area contributed by atoms with E-state index in [1.54, 1.807) is 13.8 Å². The molecular formula is C11H18N2O3. The molecule has 0 radical (unpaired) electrons. The third-order valence-electron chi connectivity index (χ3n) is 2.69. The SMILES string of the molecule is CC(C)/C(=N\C(=O)O)C(=O)NC1CCCC1. The average Bonchev–Trinajstić information content (AvgIpc) is 2.65. The molecule has 1 rings (SSSR count). The second-order valence-electron chi connectivity index (χ2n) is 4.39. The first-order valence-electron chi connectivity index (χ1n) is 5.63. The van der Waals surface area contributed by atoms with Gasteiger partial charge in [-0.1, -0.05) is 26.7 Å². The summed E-state index contributed by atoms with van der Waals surface area (Å²) in [7, 11) is 0. The lowest BCUT2D eigenvalue weighted by atomic mass is 10.1. The van der Waals surface area contributed by atoms with E-state index in [-0.39, 0.29) is 23.6 Å². The predicted octanol–water partition coefficient (Wildman–Crippen LogP) is 1.82. The summed E-state index contributed by atoms with van der Waals surface area (Å²) in [5, 5.41) is 11.4. The van der Waals surface area contributed by atoms with Crippen molar-refractivity contribution in [1.29, 1.82) is 0 Å². The maximum atomic E-state index is 11.8. The van der Waals surface area contributed by atoms with Gasteiger partial charge in [0.1, 0.15) is 5.71 Å². The van der Waals surface area contributed by atoms with Crippen molar-refractivity contribution in [1.82, 2.24) is 5.32 Å². The van der Waals surface area contributed by atoms with Gasteiger partial charge in [-0.3, -0.25) is 4.79 Å². The van der Waals surface area contributed by atoms with Gasteiger partial charge in [0.2, 0.25) is 0 Å². The van der Waals surface area contributed by atoms with E-state index in [2.05, 4.69) is 10.3 Å². The molecule has 2 amide bonds. The first-order valence-corrected chi connectivity index (χ1v) is 5.63. The first-order chi connectivity index (χ1) is 7.50. The molecule has 0 saturated heterocycles. The Morgan fingerprint density at radius 1 is 1.31 bits per heavy atom. The lowest BCUT2D eigenvalue weighted by Crippen LogP contribution is -2.40. The predicted molar refractivity (Wildman–Crippen MR) is 60.7 cm³/mol. The molecule has 0 aromatic carbocycles. The Kier molecular flexibility index (Phi) is 4.46. The van der Waals surface area contributed by atoms with Crippen LogP contribution >= 0.6 is 0 Å². The van der Waals surface area contributed by atoms with Crippen LogP contribution in [0.15, 0.2) is 4.99 Å². The Morgan fingerprint density at radius 3 is 2.31 bits per heavy atom. The largest absolute Gasteiger partial charge is 0.463 e. The first kappa shape index (κ1) is 12.7. The van der Waals surface area contributed by atoms with Crippen LogP contribution in [0.25, 0.3) is 0 Å². The van der Waals surface area contributed by atoms with Crippen molar-refractivity contribution < 1.29 is 14.7 Å². The summed E-state index contributed by atoms with van der Waals surface area (Å²) in [5.74, 6) is -0.526. The molecule has 1 aliphatic rings. The smallest absolute Gasteiger partial charge is 0.431 e. The topological polar surface area (TPSA) is 78.8 Å². The Hall–Kier alpha value is -1.39. The fraction of sp³-hybridized carbons (Fsp3) is 0.727. The number of nitrogens with one attached hydrogen (secondary N) is 1. The molecule has 90 valence electrons. The van der Waals surface area contributed by atoms with E-state index in [0.29, 0.717) is 0 Å². The van der Waals surface area contributed by atoms with Crippen LogP contribution in [-0.2, 0) is 4.79 Å². The molecule has 5 heteroatoms. The number of carbonyl (C=O) groups excluding carboxylic acids is 1. The summed E-state index contributed by atoms with van der Waals surface area (Å²) in [5.41, 5.74) is 0.0967. The molecule has 0 heterocycles. The van der Waals surface area contributed by atoms with E-state index in [4.69, 9.17) is 5.11 Å². The maximum absolute atomic E-state index is 11.8. The number of hydrogen-bond acceptors (Lipinski definition) is 2. The molecule has 1 fully saturated rings. The molecule has 0 aromatic heterocycles. The zero-order valence-electron chi connectivity index (χ0n) is 9.69. The number of carboxylic acid groups (broad SMARTS) is 1. The fourth-order valence-electron chi connectivity index (χ4n) is 1.87. The second kappa shape index (κ2) is 5.63. The van der Waals surface area contributed by atoms with Gasteiger partial charge >= 0.3 is 6.09 Å². The highest BCUT2D eigenvalue weighted by molar-refractivity contribution is 6.40. The molecule has 0 unspecified atom stereocenters. The van der Waals surface area contributed by atoms with Crippen LogP contribution < -0.4 is 5.32 Å². The van der Waals surface area contributed by atoms with Crippen LogP contribution in [0.4, 0.5) is 4.79 Å². The third-order valence-corrected chi connectivity index (χ3v) is 2.69. The minimum Gasteiger partial charge on any atom is -0.463 e. The van der Waals surface area contributed by atoms with E-state index in [9.17, 15) is 9.59 Å². The van der Waals surface area contributed by atoms with E-state index in [1.165, 1.54) is 0 Å². The monoisotopic (exact) mass is 226 g/mol. The molecule has 16 heavy (non-hydrogen) atoms. The molecule has 2 N–H and O–H groups in total. The highest BCUT2D eigenvalue weighted by atomic mass is 16.4. The zero-order chi connectivity index (χ0) is 12.1. The van der Waals surface area contributed by atoms with Gasteiger partial charge in [-0.25, -0.2) is 4.79 Å².